The summed E-state index contributed by atoms with van der Waals surface area (Å²) in [5.41, 5.74) is 0. The quantitative estimate of drug-likeness (QED) is 0.456. The maximum absolute atomic E-state index is 9.63. The molecule has 0 fully saturated rings. The van der Waals surface area contributed by atoms with Gasteiger partial charge < -0.3 is 0 Å². The second kappa shape index (κ2) is 24.1. The Labute approximate surface area is 125 Å². The van der Waals surface area contributed by atoms with Crippen molar-refractivity contribution in [1.82, 2.24) is 0 Å². The van der Waals surface area contributed by atoms with Crippen molar-refractivity contribution in [3.05, 3.63) is 0 Å². The molecule has 0 aromatic heterocycles. The molecule has 0 rings (SSSR count). The minimum Gasteiger partial charge on any atom is 0 e. The van der Waals surface area contributed by atoms with Gasteiger partial charge in [0.25, 0.3) is 0 Å². The Bertz CT molecular complexity index is 11.6. The van der Waals surface area contributed by atoms with Crippen molar-refractivity contribution in [3.63, 3.8) is 0 Å². The van der Waals surface area contributed by atoms with E-state index in [1.54, 1.807) is 0 Å². The van der Waals surface area contributed by atoms with Crippen LogP contribution in [0, 0.1) is 76.8 Å². The second-order valence-electron chi connectivity index (χ2n) is 0. The van der Waals surface area contributed by atoms with Gasteiger partial charge in [-0.05, 0) is 0 Å². The molecule has 0 saturated carbocycles. The molecule has 0 amide bonds. The molecule has 0 nitrogen and oxygen atoms in total. The van der Waals surface area contributed by atoms with Crippen molar-refractivity contribution < 1.29 is 110 Å². The molecule has 5 heteroatoms. The Kier molecular flexibility index (Phi) is 110. The molecule has 0 aromatic carbocycles. The van der Waals surface area contributed by atoms with E-state index in [0.717, 1.165) is 0 Å². The summed E-state index contributed by atoms with van der Waals surface area (Å²) < 4.78 is 9.63. The summed E-state index contributed by atoms with van der Waals surface area (Å²) in [6.45, 7) is 0. The third-order valence-electron chi connectivity index (χ3n) is 0. The molecule has 0 aliphatic carbocycles. The molecule has 0 atom stereocenters. The Hall–Kier alpha value is 4.19. The maximum Gasteiger partial charge on any atom is 0 e. The third kappa shape index (κ3) is 17.9. The second-order valence-corrected chi connectivity index (χ2v) is 0. The van der Waals surface area contributed by atoms with Crippen LogP contribution < -0.4 is 0 Å². The minimum atomic E-state index is -0.150. The molecule has 0 spiro atoms. The van der Waals surface area contributed by atoms with Crippen LogP contribution in [0.15, 0.2) is 0 Å². The fourth-order valence-electron chi connectivity index (χ4n) is 0. The van der Waals surface area contributed by atoms with E-state index in [9.17, 15) is 1.92 Å². The van der Waals surface area contributed by atoms with Crippen LogP contribution in [0.1, 0.15) is 0 Å². The first-order chi connectivity index (χ1) is 1.00. The molecular formula is HFGdLiTmY. The molecular weight excluding hydrogens is 441 g/mol. The summed E-state index contributed by atoms with van der Waals surface area (Å²) >= 11 is -0.150. The fourth-order valence-corrected chi connectivity index (χ4v) is 0. The Morgan fingerprint density at radius 1 is 1.20 bits per heavy atom. The SMILES string of the molecule is [F][Y].[Gd].[LiH].[Tm]. The Morgan fingerprint density at radius 3 is 1.20 bits per heavy atom. The van der Waals surface area contributed by atoms with Gasteiger partial charge in [-0.15, -0.1) is 0 Å². The zero-order chi connectivity index (χ0) is 2.00. The molecule has 0 aromatic rings. The average Bonchev–Trinajstić information content (AvgIpc) is 1.00. The van der Waals surface area contributed by atoms with Gasteiger partial charge in [-0.2, -0.15) is 0 Å². The number of hydrogen-bond acceptors (Lipinski definition) is 0. The van der Waals surface area contributed by atoms with Gasteiger partial charge in [0.05, 0.1) is 0 Å². The van der Waals surface area contributed by atoms with Crippen LogP contribution >= 0.6 is 0 Å². The van der Waals surface area contributed by atoms with Crippen molar-refractivity contribution in [2.24, 2.45) is 0 Å². The number of rotatable bonds is 0. The van der Waals surface area contributed by atoms with Crippen LogP contribution in [0.5, 0.6) is 0 Å². The summed E-state index contributed by atoms with van der Waals surface area (Å²) in [6, 6.07) is 0. The first-order valence-corrected chi connectivity index (χ1v) is 1.29. The van der Waals surface area contributed by atoms with Crippen molar-refractivity contribution in [2.75, 3.05) is 0 Å². The maximum atomic E-state index is 9.63. The van der Waals surface area contributed by atoms with Crippen molar-refractivity contribution in [2.45, 2.75) is 0 Å². The van der Waals surface area contributed by atoms with Crippen LogP contribution in [0.4, 0.5) is 1.92 Å². The van der Waals surface area contributed by atoms with Gasteiger partial charge in [0.2, 0.25) is 0 Å². The van der Waals surface area contributed by atoms with E-state index in [4.69, 9.17) is 0 Å². The molecule has 0 aliphatic rings. The molecule has 0 saturated heterocycles. The molecule has 0 unspecified atom stereocenters. The van der Waals surface area contributed by atoms with Gasteiger partial charge in [0, 0.05) is 76.8 Å². The van der Waals surface area contributed by atoms with E-state index < -0.39 is 0 Å². The van der Waals surface area contributed by atoms with Gasteiger partial charge >= 0.3 is 52.4 Å². The van der Waals surface area contributed by atoms with Gasteiger partial charge in [0.15, 0.2) is 0 Å². The zero-order valence-electron chi connectivity index (χ0n) is 1.59. The van der Waals surface area contributed by atoms with Gasteiger partial charge in [-0.25, -0.2) is 0 Å². The first kappa shape index (κ1) is 22.9. The Morgan fingerprint density at radius 2 is 1.20 bits per heavy atom. The molecule has 0 bridgehead atoms. The molecule has 33 valence electrons. The van der Waals surface area contributed by atoms with E-state index in [2.05, 4.69) is 0 Å². The summed E-state index contributed by atoms with van der Waals surface area (Å²) in [5.74, 6) is 0. The van der Waals surface area contributed by atoms with E-state index >= 15 is 0 Å². The van der Waals surface area contributed by atoms with Crippen molar-refractivity contribution in [1.29, 1.82) is 0 Å². The van der Waals surface area contributed by atoms with Crippen LogP contribution in [0.25, 0.3) is 0 Å². The van der Waals surface area contributed by atoms with Crippen LogP contribution in [-0.2, 0) is 31.7 Å². The van der Waals surface area contributed by atoms with E-state index in [-0.39, 0.29) is 127 Å². The van der Waals surface area contributed by atoms with Crippen LogP contribution in [-0.4, -0.2) is 18.9 Å². The van der Waals surface area contributed by atoms with Gasteiger partial charge in [-0.3, -0.25) is 0 Å². The summed E-state index contributed by atoms with van der Waals surface area (Å²) in [4.78, 5) is 0. The minimum absolute atomic E-state index is 0. The van der Waals surface area contributed by atoms with E-state index in [1.807, 2.05) is 0 Å². The van der Waals surface area contributed by atoms with Crippen LogP contribution in [0.3, 0.4) is 0 Å². The molecule has 5 heavy (non-hydrogen) atoms. The number of hydrogen-bond donors (Lipinski definition) is 0. The Balaban J connectivity index is -0.00000000167. The van der Waals surface area contributed by atoms with E-state index in [0.29, 0.717) is 0 Å². The van der Waals surface area contributed by atoms with Crippen molar-refractivity contribution in [3.8, 4) is 0 Å². The summed E-state index contributed by atoms with van der Waals surface area (Å²) in [6.07, 6.45) is 0. The summed E-state index contributed by atoms with van der Waals surface area (Å²) in [5, 5.41) is 0. The van der Waals surface area contributed by atoms with Crippen molar-refractivity contribution >= 4 is 18.9 Å². The predicted molar refractivity (Wildman–Crippen MR) is 8.26 cm³/mol. The van der Waals surface area contributed by atoms with Crippen LogP contribution in [0.2, 0.25) is 0 Å². The third-order valence-corrected chi connectivity index (χ3v) is 0. The number of halogens is 1. The van der Waals surface area contributed by atoms with Gasteiger partial charge in [-0.1, -0.05) is 0 Å². The standard InChI is InChI=1S/FH.Gd.Li.Tm.Y.H/h1H;;;;;/q;;;;+1;/p-1. The smallest absolute Gasteiger partial charge is 0 e. The molecule has 0 heterocycles. The average molecular weight is 442 g/mol. The zero-order valence-corrected chi connectivity index (χ0v) is 8.47. The first-order valence-electron chi connectivity index (χ1n) is 0.218. The largest absolute Gasteiger partial charge is 0 e. The molecule has 0 N–H and O–H groups in total. The monoisotopic (exact) mass is 443 g/mol. The molecule has 0 aliphatic heterocycles. The fraction of sp³-hybridized carbons (Fsp3) is 0. The summed E-state index contributed by atoms with van der Waals surface area (Å²) in [7, 11) is 0. The normalized spacial score (nSPS) is 0.800. The van der Waals surface area contributed by atoms with E-state index in [1.165, 1.54) is 0 Å². The molecule has 1 radical (unpaired) electrons. The topological polar surface area (TPSA) is 0 Å². The van der Waals surface area contributed by atoms with Gasteiger partial charge in [0.1, 0.15) is 0 Å². The predicted octanol–water partition coefficient (Wildman–Crippen LogP) is -0.231.